The van der Waals surface area contributed by atoms with Crippen LogP contribution < -0.4 is 20.3 Å². The third kappa shape index (κ3) is 5.46. The van der Waals surface area contributed by atoms with Crippen LogP contribution in [-0.4, -0.2) is 33.3 Å². The van der Waals surface area contributed by atoms with E-state index < -0.39 is 0 Å². The summed E-state index contributed by atoms with van der Waals surface area (Å²) in [5.74, 6) is 1.44. The molecule has 2 heterocycles. The number of carbonyl (C=O) groups is 1. The third-order valence-electron chi connectivity index (χ3n) is 5.34. The number of hydrogen-bond acceptors (Lipinski definition) is 5. The number of aromatic nitrogens is 3. The van der Waals surface area contributed by atoms with E-state index in [4.69, 9.17) is 9.47 Å². The molecule has 0 saturated heterocycles. The number of nitrogens with zero attached hydrogens (tertiary/aromatic N) is 3. The van der Waals surface area contributed by atoms with Crippen LogP contribution in [0.3, 0.4) is 0 Å². The zero-order chi connectivity index (χ0) is 23.9. The summed E-state index contributed by atoms with van der Waals surface area (Å²) in [5, 5.41) is 7.41. The van der Waals surface area contributed by atoms with Gasteiger partial charge in [-0.1, -0.05) is 12.1 Å². The van der Waals surface area contributed by atoms with E-state index >= 15 is 0 Å². The number of hydrogen-bond donors (Lipinski definition) is 1. The van der Waals surface area contributed by atoms with Gasteiger partial charge in [0.25, 0.3) is 5.56 Å². The monoisotopic (exact) mass is 460 g/mol. The second-order valence-corrected chi connectivity index (χ2v) is 7.72. The van der Waals surface area contributed by atoms with Crippen LogP contribution in [0.15, 0.2) is 71.8 Å². The summed E-state index contributed by atoms with van der Waals surface area (Å²) < 4.78 is 14.1. The number of carbonyl (C=O) groups excluding carboxylic acids is 1. The summed E-state index contributed by atoms with van der Waals surface area (Å²) >= 11 is 0. The van der Waals surface area contributed by atoms with Crippen LogP contribution in [-0.2, 0) is 17.9 Å². The molecule has 8 nitrogen and oxygen atoms in total. The minimum absolute atomic E-state index is 0.128. The predicted octanol–water partition coefficient (Wildman–Crippen LogP) is 3.67. The van der Waals surface area contributed by atoms with Crippen molar-refractivity contribution in [3.05, 3.63) is 82.9 Å². The molecule has 2 aromatic heterocycles. The fourth-order valence-electron chi connectivity index (χ4n) is 3.65. The standard InChI is InChI=1S/C26H28N4O4/c1-3-33-21-10-8-20(9-11-21)23-17-24-26(32)29(14-15-30(24)28-23)13-12-25(31)27-18-19-6-5-7-22(16-19)34-4-2/h5-11,14-17H,3-4,12-13,18H2,1-2H3,(H,27,31). The van der Waals surface area contributed by atoms with Crippen LogP contribution in [0.2, 0.25) is 0 Å². The van der Waals surface area contributed by atoms with Gasteiger partial charge in [-0.2, -0.15) is 5.10 Å². The quantitative estimate of drug-likeness (QED) is 0.390. The van der Waals surface area contributed by atoms with Crippen molar-refractivity contribution in [2.24, 2.45) is 0 Å². The molecule has 0 bridgehead atoms. The Hall–Kier alpha value is -4.07. The topological polar surface area (TPSA) is 86.9 Å². The van der Waals surface area contributed by atoms with Crippen LogP contribution in [0.4, 0.5) is 0 Å². The maximum atomic E-state index is 12.9. The summed E-state index contributed by atoms with van der Waals surface area (Å²) in [6.07, 6.45) is 3.58. The molecule has 0 unspecified atom stereocenters. The van der Waals surface area contributed by atoms with E-state index in [-0.39, 0.29) is 24.4 Å². The van der Waals surface area contributed by atoms with Gasteiger partial charge in [0.15, 0.2) is 0 Å². The van der Waals surface area contributed by atoms with E-state index in [0.717, 1.165) is 22.6 Å². The van der Waals surface area contributed by atoms with E-state index in [1.165, 1.54) is 4.57 Å². The van der Waals surface area contributed by atoms with Gasteiger partial charge in [-0.25, -0.2) is 4.52 Å². The lowest BCUT2D eigenvalue weighted by Crippen LogP contribution is -2.27. The Labute approximate surface area is 197 Å². The van der Waals surface area contributed by atoms with Gasteiger partial charge in [0.2, 0.25) is 5.91 Å². The SMILES string of the molecule is CCOc1ccc(-c2cc3c(=O)n(CCC(=O)NCc4cccc(OCC)c4)ccn3n2)cc1. The number of rotatable bonds is 10. The first kappa shape index (κ1) is 23.1. The Morgan fingerprint density at radius 1 is 0.971 bits per heavy atom. The van der Waals surface area contributed by atoms with Gasteiger partial charge in [-0.3, -0.25) is 9.59 Å². The van der Waals surface area contributed by atoms with E-state index in [0.29, 0.717) is 31.0 Å². The zero-order valence-electron chi connectivity index (χ0n) is 19.4. The predicted molar refractivity (Wildman–Crippen MR) is 130 cm³/mol. The number of ether oxygens (including phenoxy) is 2. The molecule has 8 heteroatoms. The van der Waals surface area contributed by atoms with Crippen LogP contribution in [0.5, 0.6) is 11.5 Å². The van der Waals surface area contributed by atoms with E-state index in [9.17, 15) is 9.59 Å². The molecule has 176 valence electrons. The molecule has 4 rings (SSSR count). The highest BCUT2D eigenvalue weighted by Crippen LogP contribution is 2.22. The van der Waals surface area contributed by atoms with Gasteiger partial charge in [-0.15, -0.1) is 0 Å². The van der Waals surface area contributed by atoms with Gasteiger partial charge < -0.3 is 19.4 Å². The molecule has 0 aliphatic heterocycles. The van der Waals surface area contributed by atoms with Crippen LogP contribution >= 0.6 is 0 Å². The van der Waals surface area contributed by atoms with Gasteiger partial charge in [-0.05, 0) is 61.9 Å². The van der Waals surface area contributed by atoms with E-state index in [1.807, 2.05) is 62.4 Å². The first-order chi connectivity index (χ1) is 16.6. The fraction of sp³-hybridized carbons (Fsp3) is 0.269. The van der Waals surface area contributed by atoms with Crippen molar-refractivity contribution < 1.29 is 14.3 Å². The molecule has 4 aromatic rings. The van der Waals surface area contributed by atoms with Gasteiger partial charge in [0, 0.05) is 37.5 Å². The Balaban J connectivity index is 1.39. The summed E-state index contributed by atoms with van der Waals surface area (Å²) in [7, 11) is 0. The molecule has 34 heavy (non-hydrogen) atoms. The van der Waals surface area contributed by atoms with Crippen LogP contribution in [0.1, 0.15) is 25.8 Å². The second kappa shape index (κ2) is 10.7. The highest BCUT2D eigenvalue weighted by Gasteiger charge is 2.11. The molecular formula is C26H28N4O4. The molecule has 0 spiro atoms. The van der Waals surface area contributed by atoms with Gasteiger partial charge in [0.1, 0.15) is 17.0 Å². The molecule has 0 aliphatic rings. The molecule has 0 radical (unpaired) electrons. The molecule has 0 aliphatic carbocycles. The molecule has 1 amide bonds. The normalized spacial score (nSPS) is 10.9. The Morgan fingerprint density at radius 2 is 1.74 bits per heavy atom. The lowest BCUT2D eigenvalue weighted by Gasteiger charge is -2.09. The molecule has 0 fully saturated rings. The van der Waals surface area contributed by atoms with Crippen molar-refractivity contribution in [3.8, 4) is 22.8 Å². The first-order valence-electron chi connectivity index (χ1n) is 11.4. The Bertz CT molecular complexity index is 1320. The lowest BCUT2D eigenvalue weighted by molar-refractivity contribution is -0.121. The summed E-state index contributed by atoms with van der Waals surface area (Å²) in [4.78, 5) is 25.3. The highest BCUT2D eigenvalue weighted by atomic mass is 16.5. The van der Waals surface area contributed by atoms with Crippen molar-refractivity contribution in [1.29, 1.82) is 0 Å². The van der Waals surface area contributed by atoms with Gasteiger partial charge in [0.05, 0.1) is 18.9 Å². The zero-order valence-corrected chi connectivity index (χ0v) is 19.4. The van der Waals surface area contributed by atoms with Crippen LogP contribution in [0, 0.1) is 0 Å². The second-order valence-electron chi connectivity index (χ2n) is 7.72. The van der Waals surface area contributed by atoms with Crippen molar-refractivity contribution in [2.45, 2.75) is 33.4 Å². The Morgan fingerprint density at radius 3 is 2.50 bits per heavy atom. The minimum Gasteiger partial charge on any atom is -0.494 e. The average Bonchev–Trinajstić information content (AvgIpc) is 3.29. The Kier molecular flexibility index (Phi) is 7.27. The van der Waals surface area contributed by atoms with Crippen molar-refractivity contribution in [2.75, 3.05) is 13.2 Å². The molecular weight excluding hydrogens is 432 g/mol. The minimum atomic E-state index is -0.190. The number of fused-ring (bicyclic) bond motifs is 1. The van der Waals surface area contributed by atoms with E-state index in [1.54, 1.807) is 23.0 Å². The van der Waals surface area contributed by atoms with Crippen molar-refractivity contribution in [3.63, 3.8) is 0 Å². The summed E-state index contributed by atoms with van der Waals surface area (Å²) in [5.41, 5.74) is 2.82. The number of benzene rings is 2. The average molecular weight is 461 g/mol. The number of nitrogens with one attached hydrogen (secondary N) is 1. The highest BCUT2D eigenvalue weighted by molar-refractivity contribution is 5.75. The lowest BCUT2D eigenvalue weighted by atomic mass is 10.1. The maximum Gasteiger partial charge on any atom is 0.276 e. The first-order valence-corrected chi connectivity index (χ1v) is 11.4. The smallest absolute Gasteiger partial charge is 0.276 e. The number of aryl methyl sites for hydroxylation is 1. The summed E-state index contributed by atoms with van der Waals surface area (Å²) in [6, 6.07) is 17.0. The molecule has 2 aromatic carbocycles. The summed E-state index contributed by atoms with van der Waals surface area (Å²) in [6.45, 7) is 5.75. The van der Waals surface area contributed by atoms with E-state index in [2.05, 4.69) is 10.4 Å². The largest absolute Gasteiger partial charge is 0.494 e. The van der Waals surface area contributed by atoms with Crippen molar-refractivity contribution >= 4 is 11.4 Å². The fourth-order valence-corrected chi connectivity index (χ4v) is 3.65. The van der Waals surface area contributed by atoms with Crippen molar-refractivity contribution in [1.82, 2.24) is 19.5 Å². The van der Waals surface area contributed by atoms with Gasteiger partial charge >= 0.3 is 0 Å². The molecule has 0 atom stereocenters. The molecule has 1 N–H and O–H groups in total. The van der Waals surface area contributed by atoms with Crippen LogP contribution in [0.25, 0.3) is 16.8 Å². The maximum absolute atomic E-state index is 12.9. The number of amides is 1. The molecule has 0 saturated carbocycles. The third-order valence-corrected chi connectivity index (χ3v) is 5.34.